The number of rotatable bonds is 4. The SMILES string of the molecule is O=C(Nc1cccc(-c2ccc3nnc(-c4cccnc4)n3n2)c1)C1CCCC1. The average Bonchev–Trinajstić information content (AvgIpc) is 3.44. The second kappa shape index (κ2) is 7.43. The molecule has 0 radical (unpaired) electrons. The summed E-state index contributed by atoms with van der Waals surface area (Å²) in [7, 11) is 0. The number of anilines is 1. The van der Waals surface area contributed by atoms with Crippen LogP contribution in [0.3, 0.4) is 0 Å². The van der Waals surface area contributed by atoms with Crippen LogP contribution in [0.5, 0.6) is 0 Å². The molecule has 0 bridgehead atoms. The Labute approximate surface area is 167 Å². The maximum Gasteiger partial charge on any atom is 0.227 e. The van der Waals surface area contributed by atoms with Crippen molar-refractivity contribution in [3.05, 3.63) is 60.9 Å². The number of nitrogens with one attached hydrogen (secondary N) is 1. The van der Waals surface area contributed by atoms with Crippen molar-refractivity contribution < 1.29 is 4.79 Å². The molecule has 1 N–H and O–H groups in total. The van der Waals surface area contributed by atoms with Gasteiger partial charge in [-0.15, -0.1) is 10.2 Å². The molecule has 7 heteroatoms. The summed E-state index contributed by atoms with van der Waals surface area (Å²) >= 11 is 0. The van der Waals surface area contributed by atoms with Crippen molar-refractivity contribution >= 4 is 17.2 Å². The van der Waals surface area contributed by atoms with E-state index in [1.807, 2.05) is 48.5 Å². The Hall–Kier alpha value is -3.61. The first kappa shape index (κ1) is 17.5. The fraction of sp³-hybridized carbons (Fsp3) is 0.227. The lowest BCUT2D eigenvalue weighted by atomic mass is 10.1. The molecule has 4 aromatic rings. The summed E-state index contributed by atoms with van der Waals surface area (Å²) in [5.41, 5.74) is 4.00. The highest BCUT2D eigenvalue weighted by molar-refractivity contribution is 5.93. The first-order chi connectivity index (χ1) is 14.3. The van der Waals surface area contributed by atoms with Crippen molar-refractivity contribution in [2.75, 3.05) is 5.32 Å². The zero-order valence-electron chi connectivity index (χ0n) is 15.8. The van der Waals surface area contributed by atoms with Crippen LogP contribution in [0.4, 0.5) is 5.69 Å². The van der Waals surface area contributed by atoms with Crippen LogP contribution in [-0.4, -0.2) is 30.7 Å². The number of hydrogen-bond acceptors (Lipinski definition) is 5. The van der Waals surface area contributed by atoms with Crippen LogP contribution in [0, 0.1) is 5.92 Å². The van der Waals surface area contributed by atoms with Crippen molar-refractivity contribution in [3.8, 4) is 22.6 Å². The van der Waals surface area contributed by atoms with Crippen LogP contribution >= 0.6 is 0 Å². The van der Waals surface area contributed by atoms with Gasteiger partial charge >= 0.3 is 0 Å². The molecule has 7 nitrogen and oxygen atoms in total. The van der Waals surface area contributed by atoms with Crippen molar-refractivity contribution in [1.82, 2.24) is 24.8 Å². The Morgan fingerprint density at radius 3 is 2.69 bits per heavy atom. The van der Waals surface area contributed by atoms with Crippen LogP contribution in [-0.2, 0) is 4.79 Å². The third-order valence-corrected chi connectivity index (χ3v) is 5.33. The Morgan fingerprint density at radius 1 is 1.00 bits per heavy atom. The second-order valence-electron chi connectivity index (χ2n) is 7.31. The van der Waals surface area contributed by atoms with E-state index in [2.05, 4.69) is 20.5 Å². The summed E-state index contributed by atoms with van der Waals surface area (Å²) in [5, 5.41) is 16.2. The Kier molecular flexibility index (Phi) is 4.48. The van der Waals surface area contributed by atoms with E-state index < -0.39 is 0 Å². The van der Waals surface area contributed by atoms with Gasteiger partial charge in [-0.3, -0.25) is 9.78 Å². The van der Waals surface area contributed by atoms with Crippen molar-refractivity contribution in [2.45, 2.75) is 25.7 Å². The molecule has 1 saturated carbocycles. The molecule has 1 fully saturated rings. The normalized spacial score (nSPS) is 14.3. The van der Waals surface area contributed by atoms with Gasteiger partial charge in [0.25, 0.3) is 0 Å². The molecular weight excluding hydrogens is 364 g/mol. The summed E-state index contributed by atoms with van der Waals surface area (Å²) in [4.78, 5) is 16.6. The lowest BCUT2D eigenvalue weighted by Crippen LogP contribution is -2.20. The van der Waals surface area contributed by atoms with Crippen LogP contribution in [0.15, 0.2) is 60.9 Å². The monoisotopic (exact) mass is 384 g/mol. The minimum absolute atomic E-state index is 0.112. The first-order valence-corrected chi connectivity index (χ1v) is 9.82. The number of carbonyl (C=O) groups is 1. The number of aromatic nitrogens is 5. The number of hydrogen-bond donors (Lipinski definition) is 1. The van der Waals surface area contributed by atoms with Gasteiger partial charge in [0.1, 0.15) is 0 Å². The predicted octanol–water partition coefficient (Wildman–Crippen LogP) is 3.98. The van der Waals surface area contributed by atoms with Gasteiger partial charge in [-0.25, -0.2) is 0 Å². The highest BCUT2D eigenvalue weighted by Gasteiger charge is 2.22. The van der Waals surface area contributed by atoms with Crippen molar-refractivity contribution in [3.63, 3.8) is 0 Å². The summed E-state index contributed by atoms with van der Waals surface area (Å²) in [6, 6.07) is 15.4. The molecule has 29 heavy (non-hydrogen) atoms. The van der Waals surface area contributed by atoms with Gasteiger partial charge in [0, 0.05) is 35.1 Å². The predicted molar refractivity (Wildman–Crippen MR) is 110 cm³/mol. The van der Waals surface area contributed by atoms with E-state index in [1.165, 1.54) is 0 Å². The van der Waals surface area contributed by atoms with Crippen molar-refractivity contribution in [2.24, 2.45) is 5.92 Å². The highest BCUT2D eigenvalue weighted by atomic mass is 16.1. The first-order valence-electron chi connectivity index (χ1n) is 9.82. The molecule has 144 valence electrons. The van der Waals surface area contributed by atoms with Gasteiger partial charge in [0.2, 0.25) is 5.91 Å². The van der Waals surface area contributed by atoms with E-state index >= 15 is 0 Å². The minimum atomic E-state index is 0.112. The third kappa shape index (κ3) is 3.47. The van der Waals surface area contributed by atoms with Gasteiger partial charge in [-0.1, -0.05) is 25.0 Å². The molecule has 1 aliphatic carbocycles. The number of fused-ring (bicyclic) bond motifs is 1. The van der Waals surface area contributed by atoms with E-state index in [0.717, 1.165) is 48.2 Å². The molecule has 1 aliphatic rings. The molecule has 0 atom stereocenters. The summed E-state index contributed by atoms with van der Waals surface area (Å²) in [6.45, 7) is 0. The summed E-state index contributed by atoms with van der Waals surface area (Å²) in [5.74, 6) is 0.883. The lowest BCUT2D eigenvalue weighted by Gasteiger charge is -2.11. The van der Waals surface area contributed by atoms with Gasteiger partial charge in [0.05, 0.1) is 5.69 Å². The molecule has 3 heterocycles. The molecule has 3 aromatic heterocycles. The van der Waals surface area contributed by atoms with E-state index in [1.54, 1.807) is 16.9 Å². The molecule has 1 amide bonds. The number of pyridine rings is 1. The minimum Gasteiger partial charge on any atom is -0.326 e. The maximum absolute atomic E-state index is 12.5. The van der Waals surface area contributed by atoms with E-state index in [9.17, 15) is 4.79 Å². The second-order valence-corrected chi connectivity index (χ2v) is 7.31. The third-order valence-electron chi connectivity index (χ3n) is 5.33. The van der Waals surface area contributed by atoms with E-state index in [4.69, 9.17) is 5.10 Å². The molecule has 0 spiro atoms. The van der Waals surface area contributed by atoms with E-state index in [-0.39, 0.29) is 11.8 Å². The van der Waals surface area contributed by atoms with Crippen LogP contribution < -0.4 is 5.32 Å². The average molecular weight is 384 g/mol. The van der Waals surface area contributed by atoms with E-state index in [0.29, 0.717) is 11.5 Å². The molecular formula is C22H20N6O. The smallest absolute Gasteiger partial charge is 0.227 e. The Balaban J connectivity index is 1.47. The van der Waals surface area contributed by atoms with Crippen LogP contribution in [0.25, 0.3) is 28.3 Å². The quantitative estimate of drug-likeness (QED) is 0.575. The Morgan fingerprint density at radius 2 is 1.86 bits per heavy atom. The zero-order valence-corrected chi connectivity index (χ0v) is 15.8. The highest BCUT2D eigenvalue weighted by Crippen LogP contribution is 2.27. The van der Waals surface area contributed by atoms with Gasteiger partial charge < -0.3 is 5.32 Å². The van der Waals surface area contributed by atoms with Crippen LogP contribution in [0.2, 0.25) is 0 Å². The standard InChI is InChI=1S/C22H20N6O/c29-22(15-5-1-2-6-15)24-18-9-3-7-16(13-18)19-10-11-20-25-26-21(28(20)27-19)17-8-4-12-23-14-17/h3-4,7-15H,1-2,5-6H2,(H,24,29). The Bertz CT molecular complexity index is 1160. The molecule has 5 rings (SSSR count). The number of carbonyl (C=O) groups excluding carboxylic acids is 1. The molecule has 0 aliphatic heterocycles. The topological polar surface area (TPSA) is 85.1 Å². The molecule has 1 aromatic carbocycles. The fourth-order valence-corrected chi connectivity index (χ4v) is 3.81. The number of amides is 1. The van der Waals surface area contributed by atoms with Crippen molar-refractivity contribution in [1.29, 1.82) is 0 Å². The largest absolute Gasteiger partial charge is 0.326 e. The molecule has 0 saturated heterocycles. The zero-order chi connectivity index (χ0) is 19.6. The van der Waals surface area contributed by atoms with Gasteiger partial charge in [0.15, 0.2) is 11.5 Å². The fourth-order valence-electron chi connectivity index (χ4n) is 3.81. The summed E-state index contributed by atoms with van der Waals surface area (Å²) in [6.07, 6.45) is 7.70. The number of benzene rings is 1. The maximum atomic E-state index is 12.5. The van der Waals surface area contributed by atoms with Gasteiger partial charge in [-0.05, 0) is 49.2 Å². The molecule has 0 unspecified atom stereocenters. The van der Waals surface area contributed by atoms with Crippen LogP contribution in [0.1, 0.15) is 25.7 Å². The lowest BCUT2D eigenvalue weighted by molar-refractivity contribution is -0.119. The summed E-state index contributed by atoms with van der Waals surface area (Å²) < 4.78 is 1.72. The number of nitrogens with zero attached hydrogens (tertiary/aromatic N) is 5. The van der Waals surface area contributed by atoms with Gasteiger partial charge in [-0.2, -0.15) is 9.61 Å².